The van der Waals surface area contributed by atoms with Gasteiger partial charge in [-0.15, -0.1) is 0 Å². The Balaban J connectivity index is 1.89. The quantitative estimate of drug-likeness (QED) is 0.546. The third-order valence-electron chi connectivity index (χ3n) is 3.96. The summed E-state index contributed by atoms with van der Waals surface area (Å²) in [6.45, 7) is 4.76. The van der Waals surface area contributed by atoms with Crippen molar-refractivity contribution in [2.45, 2.75) is 20.3 Å². The molecule has 0 spiro atoms. The second-order valence-electron chi connectivity index (χ2n) is 6.20. The Labute approximate surface area is 165 Å². The Morgan fingerprint density at radius 3 is 2.54 bits per heavy atom. The van der Waals surface area contributed by atoms with Crippen molar-refractivity contribution in [1.82, 2.24) is 0 Å². The summed E-state index contributed by atoms with van der Waals surface area (Å²) in [5.74, 6) is 0.428. The molecule has 7 heteroatoms. The van der Waals surface area contributed by atoms with Crippen LogP contribution in [0.1, 0.15) is 18.9 Å². The predicted molar refractivity (Wildman–Crippen MR) is 111 cm³/mol. The monoisotopic (exact) mass is 385 g/mol. The molecule has 0 heterocycles. The van der Waals surface area contributed by atoms with Crippen molar-refractivity contribution in [3.05, 3.63) is 48.0 Å². The van der Waals surface area contributed by atoms with Crippen LogP contribution in [0.25, 0.3) is 0 Å². The maximum Gasteiger partial charge on any atom is 0.243 e. The number of benzene rings is 2. The summed E-state index contributed by atoms with van der Waals surface area (Å²) in [4.78, 5) is 23.8. The Kier molecular flexibility index (Phi) is 8.30. The number of carbonyl (C=O) groups is 2. The van der Waals surface area contributed by atoms with Crippen molar-refractivity contribution in [2.75, 3.05) is 42.8 Å². The van der Waals surface area contributed by atoms with Gasteiger partial charge in [0.25, 0.3) is 0 Å². The molecule has 0 aliphatic heterocycles. The number of hydrogen-bond donors (Lipinski definition) is 3. The molecular weight excluding hydrogens is 358 g/mol. The van der Waals surface area contributed by atoms with Gasteiger partial charge >= 0.3 is 0 Å². The van der Waals surface area contributed by atoms with Crippen LogP contribution in [0.3, 0.4) is 0 Å². The van der Waals surface area contributed by atoms with E-state index in [1.54, 1.807) is 26.2 Å². The lowest BCUT2D eigenvalue weighted by atomic mass is 10.1. The minimum atomic E-state index is -0.186. The van der Waals surface area contributed by atoms with E-state index < -0.39 is 0 Å². The molecule has 0 aliphatic rings. The molecule has 0 aromatic heterocycles. The van der Waals surface area contributed by atoms with E-state index in [1.165, 1.54) is 0 Å². The molecular formula is C21H27N3O4. The van der Waals surface area contributed by atoms with Crippen LogP contribution in [0, 0.1) is 6.92 Å². The molecule has 0 saturated heterocycles. The lowest BCUT2D eigenvalue weighted by molar-refractivity contribution is -0.116. The molecule has 2 amide bonds. The molecule has 0 bridgehead atoms. The SMILES string of the molecule is CCC(=O)Nc1cc(NCC(=O)Nc2cccc(OCCOC)c2)ccc1C. The van der Waals surface area contributed by atoms with Crippen molar-refractivity contribution in [1.29, 1.82) is 0 Å². The molecule has 150 valence electrons. The second-order valence-corrected chi connectivity index (χ2v) is 6.20. The van der Waals surface area contributed by atoms with Gasteiger partial charge in [0, 0.05) is 36.7 Å². The largest absolute Gasteiger partial charge is 0.491 e. The summed E-state index contributed by atoms with van der Waals surface area (Å²) in [6, 6.07) is 12.8. The van der Waals surface area contributed by atoms with Crippen molar-refractivity contribution in [3.63, 3.8) is 0 Å². The van der Waals surface area contributed by atoms with Gasteiger partial charge in [0.05, 0.1) is 13.2 Å². The molecule has 0 atom stereocenters. The molecule has 2 aromatic rings. The van der Waals surface area contributed by atoms with Gasteiger partial charge < -0.3 is 25.4 Å². The van der Waals surface area contributed by atoms with Gasteiger partial charge in [-0.1, -0.05) is 19.1 Å². The van der Waals surface area contributed by atoms with Gasteiger partial charge in [-0.3, -0.25) is 9.59 Å². The molecule has 0 saturated carbocycles. The Morgan fingerprint density at radius 2 is 1.79 bits per heavy atom. The van der Waals surface area contributed by atoms with E-state index in [0.29, 0.717) is 31.1 Å². The van der Waals surface area contributed by atoms with Gasteiger partial charge in [0.2, 0.25) is 11.8 Å². The summed E-state index contributed by atoms with van der Waals surface area (Å²) < 4.78 is 10.5. The third kappa shape index (κ3) is 6.92. The highest BCUT2D eigenvalue weighted by molar-refractivity contribution is 5.94. The molecule has 0 unspecified atom stereocenters. The van der Waals surface area contributed by atoms with Gasteiger partial charge in [-0.05, 0) is 36.8 Å². The zero-order valence-corrected chi connectivity index (χ0v) is 16.5. The number of amides is 2. The van der Waals surface area contributed by atoms with Gasteiger partial charge in [-0.2, -0.15) is 0 Å². The maximum absolute atomic E-state index is 12.2. The molecule has 0 aliphatic carbocycles. The molecule has 3 N–H and O–H groups in total. The highest BCUT2D eigenvalue weighted by atomic mass is 16.5. The number of aryl methyl sites for hydroxylation is 1. The number of carbonyl (C=O) groups excluding carboxylic acids is 2. The van der Waals surface area contributed by atoms with Crippen LogP contribution < -0.4 is 20.7 Å². The van der Waals surface area contributed by atoms with Crippen LogP contribution in [-0.2, 0) is 14.3 Å². The molecule has 7 nitrogen and oxygen atoms in total. The fourth-order valence-electron chi connectivity index (χ4n) is 2.40. The zero-order valence-electron chi connectivity index (χ0n) is 16.5. The standard InChI is InChI=1S/C21H27N3O4/c1-4-20(25)24-19-13-16(9-8-15(19)2)22-14-21(26)23-17-6-5-7-18(12-17)28-11-10-27-3/h5-9,12-13,22H,4,10-11,14H2,1-3H3,(H,23,26)(H,24,25). The van der Waals surface area contributed by atoms with Crippen LogP contribution in [0.4, 0.5) is 17.1 Å². The molecule has 28 heavy (non-hydrogen) atoms. The van der Waals surface area contributed by atoms with E-state index in [0.717, 1.165) is 16.9 Å². The third-order valence-corrected chi connectivity index (χ3v) is 3.96. The molecule has 0 radical (unpaired) electrons. The smallest absolute Gasteiger partial charge is 0.243 e. The van der Waals surface area contributed by atoms with Crippen molar-refractivity contribution >= 4 is 28.9 Å². The van der Waals surface area contributed by atoms with Crippen molar-refractivity contribution < 1.29 is 19.1 Å². The Bertz CT molecular complexity index is 808. The summed E-state index contributed by atoms with van der Waals surface area (Å²) in [7, 11) is 1.61. The van der Waals surface area contributed by atoms with Crippen molar-refractivity contribution in [2.24, 2.45) is 0 Å². The fraction of sp³-hybridized carbons (Fsp3) is 0.333. The number of ether oxygens (including phenoxy) is 2. The first-order valence-electron chi connectivity index (χ1n) is 9.18. The molecule has 0 fully saturated rings. The number of hydrogen-bond acceptors (Lipinski definition) is 5. The number of rotatable bonds is 10. The van der Waals surface area contributed by atoms with Gasteiger partial charge in [0.1, 0.15) is 12.4 Å². The molecule has 2 aromatic carbocycles. The van der Waals surface area contributed by atoms with E-state index in [-0.39, 0.29) is 18.4 Å². The van der Waals surface area contributed by atoms with Gasteiger partial charge in [0.15, 0.2) is 0 Å². The van der Waals surface area contributed by atoms with E-state index >= 15 is 0 Å². The average molecular weight is 385 g/mol. The average Bonchev–Trinajstić information content (AvgIpc) is 2.69. The van der Waals surface area contributed by atoms with Crippen LogP contribution in [-0.4, -0.2) is 38.7 Å². The van der Waals surface area contributed by atoms with Crippen LogP contribution >= 0.6 is 0 Å². The second kappa shape index (κ2) is 10.9. The minimum absolute atomic E-state index is 0.0504. The highest BCUT2D eigenvalue weighted by Crippen LogP contribution is 2.21. The van der Waals surface area contributed by atoms with E-state index in [1.807, 2.05) is 37.3 Å². The molecule has 2 rings (SSSR count). The highest BCUT2D eigenvalue weighted by Gasteiger charge is 2.07. The maximum atomic E-state index is 12.2. The normalized spacial score (nSPS) is 10.2. The lowest BCUT2D eigenvalue weighted by Crippen LogP contribution is -2.22. The van der Waals surface area contributed by atoms with Gasteiger partial charge in [-0.25, -0.2) is 0 Å². The summed E-state index contributed by atoms with van der Waals surface area (Å²) in [5, 5.41) is 8.75. The zero-order chi connectivity index (χ0) is 20.4. The number of methoxy groups -OCH3 is 1. The predicted octanol–water partition coefficient (Wildman–Crippen LogP) is 3.42. The Hall–Kier alpha value is -3.06. The fourth-order valence-corrected chi connectivity index (χ4v) is 2.40. The van der Waals surface area contributed by atoms with E-state index in [2.05, 4.69) is 16.0 Å². The van der Waals surface area contributed by atoms with Crippen molar-refractivity contribution in [3.8, 4) is 5.75 Å². The van der Waals surface area contributed by atoms with Crippen LogP contribution in [0.5, 0.6) is 5.75 Å². The first-order chi connectivity index (χ1) is 13.5. The van der Waals surface area contributed by atoms with E-state index in [4.69, 9.17) is 9.47 Å². The topological polar surface area (TPSA) is 88.7 Å². The number of anilines is 3. The van der Waals surface area contributed by atoms with Crippen LogP contribution in [0.15, 0.2) is 42.5 Å². The Morgan fingerprint density at radius 1 is 0.964 bits per heavy atom. The lowest BCUT2D eigenvalue weighted by Gasteiger charge is -2.12. The summed E-state index contributed by atoms with van der Waals surface area (Å²) in [6.07, 6.45) is 0.410. The summed E-state index contributed by atoms with van der Waals surface area (Å²) in [5.41, 5.74) is 3.10. The first kappa shape index (κ1) is 21.2. The van der Waals surface area contributed by atoms with E-state index in [9.17, 15) is 9.59 Å². The minimum Gasteiger partial charge on any atom is -0.491 e. The number of nitrogens with one attached hydrogen (secondary N) is 3. The van der Waals surface area contributed by atoms with Crippen LogP contribution in [0.2, 0.25) is 0 Å². The summed E-state index contributed by atoms with van der Waals surface area (Å²) >= 11 is 0. The first-order valence-corrected chi connectivity index (χ1v) is 9.18.